The van der Waals surface area contributed by atoms with E-state index in [1.54, 1.807) is 11.3 Å². The first kappa shape index (κ1) is 10.7. The van der Waals surface area contributed by atoms with E-state index in [1.165, 1.54) is 0 Å². The molecule has 0 aliphatic rings. The zero-order valence-electron chi connectivity index (χ0n) is 8.45. The molecular formula is C10H17NOS. The van der Waals surface area contributed by atoms with Gasteiger partial charge < -0.3 is 5.11 Å². The Morgan fingerprint density at radius 1 is 1.54 bits per heavy atom. The third-order valence-corrected chi connectivity index (χ3v) is 3.02. The summed E-state index contributed by atoms with van der Waals surface area (Å²) in [5.74, 6) is 0.301. The summed E-state index contributed by atoms with van der Waals surface area (Å²) in [6, 6.07) is 0. The van der Waals surface area contributed by atoms with Crippen molar-refractivity contribution in [2.45, 2.75) is 27.2 Å². The number of hydrogen-bond donors (Lipinski definition) is 1. The fraction of sp³-hybridized carbons (Fsp3) is 0.700. The highest BCUT2D eigenvalue weighted by Gasteiger charge is 2.24. The first-order valence-electron chi connectivity index (χ1n) is 4.52. The fourth-order valence-corrected chi connectivity index (χ4v) is 1.81. The minimum Gasteiger partial charge on any atom is -0.396 e. The number of aliphatic hydroxyl groups is 1. The average Bonchev–Trinajstić information content (AvgIpc) is 2.49. The van der Waals surface area contributed by atoms with E-state index in [4.69, 9.17) is 0 Å². The van der Waals surface area contributed by atoms with Gasteiger partial charge in [0.2, 0.25) is 0 Å². The molecule has 0 aromatic carbocycles. The Morgan fingerprint density at radius 3 is 2.62 bits per heavy atom. The van der Waals surface area contributed by atoms with E-state index in [0.29, 0.717) is 5.92 Å². The van der Waals surface area contributed by atoms with Crippen LogP contribution in [0.4, 0.5) is 0 Å². The molecule has 1 aromatic heterocycles. The van der Waals surface area contributed by atoms with Crippen molar-refractivity contribution in [3.63, 3.8) is 0 Å². The van der Waals surface area contributed by atoms with E-state index in [2.05, 4.69) is 31.1 Å². The molecule has 1 unspecified atom stereocenters. The van der Waals surface area contributed by atoms with Crippen LogP contribution in [-0.2, 0) is 6.42 Å². The van der Waals surface area contributed by atoms with Crippen molar-refractivity contribution in [3.8, 4) is 0 Å². The molecule has 1 N–H and O–H groups in total. The lowest BCUT2D eigenvalue weighted by molar-refractivity contribution is 0.130. The summed E-state index contributed by atoms with van der Waals surface area (Å²) in [7, 11) is 0. The van der Waals surface area contributed by atoms with Crippen molar-refractivity contribution in [3.05, 3.63) is 16.6 Å². The molecule has 0 saturated heterocycles. The maximum Gasteiger partial charge on any atom is 0.0794 e. The molecule has 0 amide bonds. The predicted molar refractivity (Wildman–Crippen MR) is 55.8 cm³/mol. The predicted octanol–water partition coefficient (Wildman–Crippen LogP) is 2.34. The lowest BCUT2D eigenvalue weighted by Gasteiger charge is -2.28. The van der Waals surface area contributed by atoms with Crippen molar-refractivity contribution >= 4 is 11.3 Å². The molecule has 1 rings (SSSR count). The zero-order chi connectivity index (χ0) is 9.90. The van der Waals surface area contributed by atoms with E-state index in [9.17, 15) is 5.11 Å². The van der Waals surface area contributed by atoms with E-state index < -0.39 is 0 Å². The van der Waals surface area contributed by atoms with Crippen LogP contribution >= 0.6 is 11.3 Å². The molecule has 0 aliphatic carbocycles. The number of aliphatic hydroxyl groups excluding tert-OH is 1. The van der Waals surface area contributed by atoms with Gasteiger partial charge in [0.15, 0.2) is 0 Å². The van der Waals surface area contributed by atoms with Crippen LogP contribution < -0.4 is 0 Å². The SMILES string of the molecule is CC(C)(C)C(CO)Cc1cscn1. The molecule has 0 aliphatic heterocycles. The summed E-state index contributed by atoms with van der Waals surface area (Å²) in [5.41, 5.74) is 3.09. The highest BCUT2D eigenvalue weighted by molar-refractivity contribution is 7.07. The normalized spacial score (nSPS) is 14.5. The second-order valence-electron chi connectivity index (χ2n) is 4.43. The van der Waals surface area contributed by atoms with Crippen LogP contribution in [0.25, 0.3) is 0 Å². The van der Waals surface area contributed by atoms with Gasteiger partial charge in [-0.15, -0.1) is 11.3 Å². The van der Waals surface area contributed by atoms with Crippen LogP contribution in [0.3, 0.4) is 0 Å². The van der Waals surface area contributed by atoms with Crippen molar-refractivity contribution in [1.29, 1.82) is 0 Å². The van der Waals surface area contributed by atoms with Gasteiger partial charge in [0, 0.05) is 12.0 Å². The van der Waals surface area contributed by atoms with Gasteiger partial charge in [-0.1, -0.05) is 20.8 Å². The van der Waals surface area contributed by atoms with Gasteiger partial charge in [0.25, 0.3) is 0 Å². The molecule has 1 atom stereocenters. The molecule has 0 saturated carbocycles. The molecule has 1 aromatic rings. The van der Waals surface area contributed by atoms with Gasteiger partial charge in [0.1, 0.15) is 0 Å². The van der Waals surface area contributed by atoms with Crippen LogP contribution in [0.2, 0.25) is 0 Å². The topological polar surface area (TPSA) is 33.1 Å². The van der Waals surface area contributed by atoms with Crippen molar-refractivity contribution in [1.82, 2.24) is 4.98 Å². The minimum atomic E-state index is 0.151. The van der Waals surface area contributed by atoms with Gasteiger partial charge >= 0.3 is 0 Å². The van der Waals surface area contributed by atoms with Crippen LogP contribution in [0.1, 0.15) is 26.5 Å². The monoisotopic (exact) mass is 199 g/mol. The third kappa shape index (κ3) is 3.08. The molecule has 13 heavy (non-hydrogen) atoms. The Morgan fingerprint density at radius 2 is 2.23 bits per heavy atom. The maximum atomic E-state index is 9.24. The van der Waals surface area contributed by atoms with Crippen molar-refractivity contribution < 1.29 is 5.11 Å². The first-order chi connectivity index (χ1) is 6.04. The summed E-state index contributed by atoms with van der Waals surface area (Å²) in [5, 5.41) is 11.3. The van der Waals surface area contributed by atoms with Crippen molar-refractivity contribution in [2.24, 2.45) is 11.3 Å². The molecule has 0 spiro atoms. The molecule has 1 heterocycles. The van der Waals surface area contributed by atoms with E-state index >= 15 is 0 Å². The molecule has 74 valence electrons. The van der Waals surface area contributed by atoms with E-state index in [0.717, 1.165) is 12.1 Å². The highest BCUT2D eigenvalue weighted by Crippen LogP contribution is 2.28. The molecule has 0 fully saturated rings. The Kier molecular flexibility index (Phi) is 3.45. The van der Waals surface area contributed by atoms with Gasteiger partial charge in [-0.05, 0) is 17.8 Å². The zero-order valence-corrected chi connectivity index (χ0v) is 9.27. The quantitative estimate of drug-likeness (QED) is 0.810. The fourth-order valence-electron chi connectivity index (χ4n) is 1.24. The molecule has 3 heteroatoms. The summed E-state index contributed by atoms with van der Waals surface area (Å²) in [6.45, 7) is 6.70. The second-order valence-corrected chi connectivity index (χ2v) is 5.15. The minimum absolute atomic E-state index is 0.151. The average molecular weight is 199 g/mol. The third-order valence-electron chi connectivity index (χ3n) is 2.38. The Bertz CT molecular complexity index is 238. The molecular weight excluding hydrogens is 182 g/mol. The number of hydrogen-bond acceptors (Lipinski definition) is 3. The number of thiazole rings is 1. The molecule has 0 bridgehead atoms. The van der Waals surface area contributed by atoms with Gasteiger partial charge in [-0.25, -0.2) is 4.98 Å². The van der Waals surface area contributed by atoms with Crippen LogP contribution in [0.15, 0.2) is 10.9 Å². The number of nitrogens with zero attached hydrogens (tertiary/aromatic N) is 1. The highest BCUT2D eigenvalue weighted by atomic mass is 32.1. The standard InChI is InChI=1S/C10H17NOS/c1-10(2,3)8(5-12)4-9-6-13-7-11-9/h6-8,12H,4-5H2,1-3H3. The van der Waals surface area contributed by atoms with Crippen LogP contribution in [0, 0.1) is 11.3 Å². The Hall–Kier alpha value is -0.410. The van der Waals surface area contributed by atoms with E-state index in [-0.39, 0.29) is 12.0 Å². The molecule has 2 nitrogen and oxygen atoms in total. The van der Waals surface area contributed by atoms with Crippen molar-refractivity contribution in [2.75, 3.05) is 6.61 Å². The summed E-state index contributed by atoms with van der Waals surface area (Å²) in [4.78, 5) is 4.22. The number of aromatic nitrogens is 1. The lowest BCUT2D eigenvalue weighted by Crippen LogP contribution is -2.26. The summed E-state index contributed by atoms with van der Waals surface area (Å²) < 4.78 is 0. The Labute approximate surface area is 83.6 Å². The van der Waals surface area contributed by atoms with Gasteiger partial charge in [-0.3, -0.25) is 0 Å². The summed E-state index contributed by atoms with van der Waals surface area (Å²) in [6.07, 6.45) is 0.878. The molecule has 0 radical (unpaired) electrons. The first-order valence-corrected chi connectivity index (χ1v) is 5.46. The second kappa shape index (κ2) is 4.20. The van der Waals surface area contributed by atoms with Crippen LogP contribution in [0.5, 0.6) is 0 Å². The van der Waals surface area contributed by atoms with Gasteiger partial charge in [-0.2, -0.15) is 0 Å². The van der Waals surface area contributed by atoms with Crippen LogP contribution in [-0.4, -0.2) is 16.7 Å². The smallest absolute Gasteiger partial charge is 0.0794 e. The Balaban J connectivity index is 2.60. The van der Waals surface area contributed by atoms with Gasteiger partial charge in [0.05, 0.1) is 11.2 Å². The van der Waals surface area contributed by atoms with E-state index in [1.807, 2.05) is 5.51 Å². The maximum absolute atomic E-state index is 9.24. The summed E-state index contributed by atoms with van der Waals surface area (Å²) >= 11 is 1.61. The largest absolute Gasteiger partial charge is 0.396 e. The number of rotatable bonds is 3. The lowest BCUT2D eigenvalue weighted by atomic mass is 9.79.